The molecule has 0 saturated carbocycles. The van der Waals surface area contributed by atoms with Crippen LogP contribution in [0.5, 0.6) is 11.5 Å². The Bertz CT molecular complexity index is 908. The molecule has 0 fully saturated rings. The fourth-order valence-corrected chi connectivity index (χ4v) is 2.45. The van der Waals surface area contributed by atoms with Crippen molar-refractivity contribution in [2.24, 2.45) is 0 Å². The average Bonchev–Trinajstić information content (AvgIpc) is 3.38. The van der Waals surface area contributed by atoms with Gasteiger partial charge in [-0.1, -0.05) is 6.07 Å². The van der Waals surface area contributed by atoms with E-state index in [1.807, 2.05) is 30.3 Å². The molecular formula is C19H15NO5. The summed E-state index contributed by atoms with van der Waals surface area (Å²) in [5.74, 6) is 3.12. The molecule has 0 atom stereocenters. The van der Waals surface area contributed by atoms with Gasteiger partial charge in [-0.05, 0) is 48.0 Å². The molecule has 0 bridgehead atoms. The summed E-state index contributed by atoms with van der Waals surface area (Å²) in [4.78, 5) is 11.9. The van der Waals surface area contributed by atoms with Gasteiger partial charge in [-0.2, -0.15) is 0 Å². The lowest BCUT2D eigenvalue weighted by Gasteiger charge is -2.00. The molecule has 1 aromatic carbocycles. The number of rotatable bonds is 5. The molecule has 3 heterocycles. The lowest BCUT2D eigenvalue weighted by Crippen LogP contribution is -2.19. The molecule has 4 rings (SSSR count). The third kappa shape index (κ3) is 3.42. The van der Waals surface area contributed by atoms with Crippen molar-refractivity contribution in [1.82, 2.24) is 5.32 Å². The van der Waals surface area contributed by atoms with Crippen LogP contribution >= 0.6 is 0 Å². The number of benzene rings is 1. The first kappa shape index (κ1) is 15.1. The van der Waals surface area contributed by atoms with Gasteiger partial charge in [0.05, 0.1) is 12.8 Å². The number of carbonyl (C=O) groups excluding carboxylic acids is 1. The molecular weight excluding hydrogens is 322 g/mol. The van der Waals surface area contributed by atoms with E-state index in [1.54, 1.807) is 24.5 Å². The number of fused-ring (bicyclic) bond motifs is 1. The van der Waals surface area contributed by atoms with Crippen molar-refractivity contribution >= 4 is 12.0 Å². The first-order valence-corrected chi connectivity index (χ1v) is 7.76. The summed E-state index contributed by atoms with van der Waals surface area (Å²) in [6.45, 7) is 0.525. The van der Waals surface area contributed by atoms with Gasteiger partial charge in [0.25, 0.3) is 0 Å². The van der Waals surface area contributed by atoms with Crippen molar-refractivity contribution in [3.05, 3.63) is 66.1 Å². The predicted molar refractivity (Wildman–Crippen MR) is 89.9 cm³/mol. The maximum Gasteiger partial charge on any atom is 0.244 e. The SMILES string of the molecule is O=C(C=Cc1ccc2c(c1)OCO2)NCc1ccc(-c2ccco2)o1. The molecule has 0 unspecified atom stereocenters. The molecule has 3 aromatic rings. The smallest absolute Gasteiger partial charge is 0.244 e. The van der Waals surface area contributed by atoms with E-state index in [-0.39, 0.29) is 12.7 Å². The molecule has 1 N–H and O–H groups in total. The van der Waals surface area contributed by atoms with Crippen molar-refractivity contribution < 1.29 is 23.1 Å². The van der Waals surface area contributed by atoms with Crippen LogP contribution < -0.4 is 14.8 Å². The fraction of sp³-hybridized carbons (Fsp3) is 0.105. The second kappa shape index (κ2) is 6.60. The molecule has 0 saturated heterocycles. The van der Waals surface area contributed by atoms with E-state index in [4.69, 9.17) is 18.3 Å². The number of furan rings is 2. The zero-order chi connectivity index (χ0) is 17.1. The van der Waals surface area contributed by atoms with Crippen LogP contribution in [0.4, 0.5) is 0 Å². The minimum absolute atomic E-state index is 0.214. The minimum Gasteiger partial charge on any atom is -0.461 e. The highest BCUT2D eigenvalue weighted by Gasteiger charge is 2.12. The molecule has 6 nitrogen and oxygen atoms in total. The van der Waals surface area contributed by atoms with Crippen molar-refractivity contribution in [2.75, 3.05) is 6.79 Å². The zero-order valence-corrected chi connectivity index (χ0v) is 13.2. The topological polar surface area (TPSA) is 73.8 Å². The number of nitrogens with one attached hydrogen (secondary N) is 1. The lowest BCUT2D eigenvalue weighted by atomic mass is 10.2. The Morgan fingerprint density at radius 2 is 2.00 bits per heavy atom. The van der Waals surface area contributed by atoms with E-state index in [9.17, 15) is 4.79 Å². The van der Waals surface area contributed by atoms with Gasteiger partial charge < -0.3 is 23.6 Å². The van der Waals surface area contributed by atoms with Crippen molar-refractivity contribution in [1.29, 1.82) is 0 Å². The molecule has 1 aliphatic rings. The van der Waals surface area contributed by atoms with Crippen LogP contribution in [0.15, 0.2) is 63.6 Å². The quantitative estimate of drug-likeness (QED) is 0.720. The summed E-state index contributed by atoms with van der Waals surface area (Å²) in [5, 5.41) is 2.77. The third-order valence-corrected chi connectivity index (χ3v) is 3.69. The van der Waals surface area contributed by atoms with Gasteiger partial charge in [-0.25, -0.2) is 0 Å². The first-order valence-electron chi connectivity index (χ1n) is 7.76. The van der Waals surface area contributed by atoms with Crippen LogP contribution in [0.2, 0.25) is 0 Å². The van der Waals surface area contributed by atoms with Crippen molar-refractivity contribution in [3.8, 4) is 23.0 Å². The Hall–Kier alpha value is -3.41. The molecule has 1 aliphatic heterocycles. The van der Waals surface area contributed by atoms with E-state index in [1.165, 1.54) is 6.08 Å². The molecule has 2 aromatic heterocycles. The summed E-state index contributed by atoms with van der Waals surface area (Å²) in [6.07, 6.45) is 4.77. The Morgan fingerprint density at radius 1 is 1.08 bits per heavy atom. The van der Waals surface area contributed by atoms with E-state index in [0.29, 0.717) is 35.3 Å². The Balaban J connectivity index is 1.33. The molecule has 6 heteroatoms. The first-order chi connectivity index (χ1) is 12.3. The molecule has 1 amide bonds. The van der Waals surface area contributed by atoms with Crippen molar-refractivity contribution in [2.45, 2.75) is 6.54 Å². The maximum atomic E-state index is 11.9. The molecule has 25 heavy (non-hydrogen) atoms. The van der Waals surface area contributed by atoms with Gasteiger partial charge in [-0.15, -0.1) is 0 Å². The normalized spacial score (nSPS) is 12.6. The van der Waals surface area contributed by atoms with Gasteiger partial charge in [0.2, 0.25) is 12.7 Å². The highest BCUT2D eigenvalue weighted by atomic mass is 16.7. The standard InChI is InChI=1S/C19H15NO5/c21-19(8-4-13-3-6-16-18(10-13)24-12-23-16)20-11-14-5-7-17(25-14)15-2-1-9-22-15/h1-10H,11-12H2,(H,20,21). The monoisotopic (exact) mass is 337 g/mol. The lowest BCUT2D eigenvalue weighted by molar-refractivity contribution is -0.116. The molecule has 126 valence electrons. The van der Waals surface area contributed by atoms with E-state index >= 15 is 0 Å². The highest BCUT2D eigenvalue weighted by molar-refractivity contribution is 5.91. The van der Waals surface area contributed by atoms with Gasteiger partial charge in [0.1, 0.15) is 5.76 Å². The maximum absolute atomic E-state index is 11.9. The molecule has 0 aliphatic carbocycles. The van der Waals surface area contributed by atoms with E-state index in [0.717, 1.165) is 5.56 Å². The third-order valence-electron chi connectivity index (χ3n) is 3.69. The summed E-state index contributed by atoms with van der Waals surface area (Å²) < 4.78 is 21.5. The highest BCUT2D eigenvalue weighted by Crippen LogP contribution is 2.32. The number of hydrogen-bond acceptors (Lipinski definition) is 5. The summed E-state index contributed by atoms with van der Waals surface area (Å²) in [7, 11) is 0. The number of carbonyl (C=O) groups is 1. The second-order valence-corrected chi connectivity index (χ2v) is 5.41. The second-order valence-electron chi connectivity index (χ2n) is 5.41. The zero-order valence-electron chi connectivity index (χ0n) is 13.2. The Morgan fingerprint density at radius 3 is 2.88 bits per heavy atom. The largest absolute Gasteiger partial charge is 0.461 e. The van der Waals surface area contributed by atoms with Crippen LogP contribution in [-0.4, -0.2) is 12.7 Å². The number of ether oxygens (including phenoxy) is 2. The van der Waals surface area contributed by atoms with Crippen LogP contribution in [0, 0.1) is 0 Å². The van der Waals surface area contributed by atoms with Gasteiger partial charge in [-0.3, -0.25) is 4.79 Å². The summed E-state index contributed by atoms with van der Waals surface area (Å²) in [5.41, 5.74) is 0.859. The number of amides is 1. The Labute approximate surface area is 143 Å². The van der Waals surface area contributed by atoms with Crippen LogP contribution in [0.1, 0.15) is 11.3 Å². The Kier molecular flexibility index (Phi) is 4.00. The molecule has 0 radical (unpaired) electrons. The van der Waals surface area contributed by atoms with Crippen molar-refractivity contribution in [3.63, 3.8) is 0 Å². The van der Waals surface area contributed by atoms with E-state index < -0.39 is 0 Å². The van der Waals surface area contributed by atoms with Crippen LogP contribution in [0.25, 0.3) is 17.6 Å². The van der Waals surface area contributed by atoms with Crippen LogP contribution in [-0.2, 0) is 11.3 Å². The van der Waals surface area contributed by atoms with Gasteiger partial charge in [0.15, 0.2) is 23.0 Å². The van der Waals surface area contributed by atoms with E-state index in [2.05, 4.69) is 5.32 Å². The summed E-state index contributed by atoms with van der Waals surface area (Å²) in [6, 6.07) is 12.7. The fourth-order valence-electron chi connectivity index (χ4n) is 2.45. The number of hydrogen-bond donors (Lipinski definition) is 1. The molecule has 0 spiro atoms. The average molecular weight is 337 g/mol. The predicted octanol–water partition coefficient (Wildman–Crippen LogP) is 3.60. The summed E-state index contributed by atoms with van der Waals surface area (Å²) >= 11 is 0. The van der Waals surface area contributed by atoms with Gasteiger partial charge in [0, 0.05) is 6.08 Å². The van der Waals surface area contributed by atoms with Gasteiger partial charge >= 0.3 is 0 Å². The van der Waals surface area contributed by atoms with Crippen LogP contribution in [0.3, 0.4) is 0 Å². The minimum atomic E-state index is -0.214.